The summed E-state index contributed by atoms with van der Waals surface area (Å²) in [5.74, 6) is -0.235. The van der Waals surface area contributed by atoms with Crippen LogP contribution in [0.5, 0.6) is 0 Å². The third-order valence-corrected chi connectivity index (χ3v) is 2.46. The molecular weight excluding hydrogens is 226 g/mol. The lowest BCUT2D eigenvalue weighted by atomic mass is 10.2. The lowest BCUT2D eigenvalue weighted by molar-refractivity contribution is 0.102. The molecule has 1 heterocycles. The van der Waals surface area contributed by atoms with Gasteiger partial charge >= 0.3 is 0 Å². The maximum atomic E-state index is 11.7. The van der Waals surface area contributed by atoms with Gasteiger partial charge in [0.05, 0.1) is 22.5 Å². The highest BCUT2D eigenvalue weighted by atomic mass is 35.5. The van der Waals surface area contributed by atoms with Gasteiger partial charge in [-0.15, -0.1) is 0 Å². The van der Waals surface area contributed by atoms with E-state index in [-0.39, 0.29) is 5.91 Å². The van der Waals surface area contributed by atoms with Crippen LogP contribution in [0.15, 0.2) is 30.6 Å². The molecule has 0 fully saturated rings. The smallest absolute Gasteiger partial charge is 0.258 e. The van der Waals surface area contributed by atoms with Crippen molar-refractivity contribution < 1.29 is 4.79 Å². The molecular formula is C11H10ClN3O. The molecule has 1 aromatic heterocycles. The first kappa shape index (κ1) is 10.7. The highest BCUT2D eigenvalue weighted by Gasteiger charge is 2.09. The molecule has 2 rings (SSSR count). The average molecular weight is 236 g/mol. The molecule has 0 saturated heterocycles. The Labute approximate surface area is 97.6 Å². The Bertz CT molecular complexity index is 508. The van der Waals surface area contributed by atoms with Crippen LogP contribution in [-0.4, -0.2) is 16.1 Å². The third-order valence-electron chi connectivity index (χ3n) is 2.13. The van der Waals surface area contributed by atoms with Crippen LogP contribution in [0.3, 0.4) is 0 Å². The topological polar surface area (TPSA) is 57.8 Å². The van der Waals surface area contributed by atoms with Gasteiger partial charge in [-0.1, -0.05) is 17.7 Å². The van der Waals surface area contributed by atoms with Gasteiger partial charge in [0.15, 0.2) is 0 Å². The van der Waals surface area contributed by atoms with Crippen molar-refractivity contribution in [2.75, 3.05) is 5.32 Å². The number of amides is 1. The van der Waals surface area contributed by atoms with E-state index in [1.54, 1.807) is 6.07 Å². The number of aromatic nitrogens is 2. The number of nitrogens with one attached hydrogen (secondary N) is 2. The first-order valence-corrected chi connectivity index (χ1v) is 5.11. The second kappa shape index (κ2) is 4.37. The van der Waals surface area contributed by atoms with E-state index in [9.17, 15) is 4.79 Å². The number of anilines is 1. The van der Waals surface area contributed by atoms with E-state index in [1.807, 2.05) is 19.1 Å². The standard InChI is InChI=1S/C11H10ClN3O/c1-7-2-3-9(12)10(4-7)15-11(16)8-5-13-14-6-8/h2-6H,1H3,(H,13,14)(H,15,16). The minimum atomic E-state index is -0.235. The summed E-state index contributed by atoms with van der Waals surface area (Å²) in [7, 11) is 0. The Morgan fingerprint density at radius 1 is 1.50 bits per heavy atom. The first-order chi connectivity index (χ1) is 7.66. The quantitative estimate of drug-likeness (QED) is 0.841. The van der Waals surface area contributed by atoms with Crippen molar-refractivity contribution in [2.45, 2.75) is 6.92 Å². The van der Waals surface area contributed by atoms with Crippen LogP contribution in [-0.2, 0) is 0 Å². The molecule has 1 amide bonds. The minimum Gasteiger partial charge on any atom is -0.321 e. The van der Waals surface area contributed by atoms with Crippen molar-refractivity contribution in [1.29, 1.82) is 0 Å². The van der Waals surface area contributed by atoms with Gasteiger partial charge in [-0.05, 0) is 24.6 Å². The van der Waals surface area contributed by atoms with Crippen LogP contribution in [0, 0.1) is 6.92 Å². The van der Waals surface area contributed by atoms with Gasteiger partial charge in [-0.2, -0.15) is 5.10 Å². The van der Waals surface area contributed by atoms with E-state index >= 15 is 0 Å². The molecule has 16 heavy (non-hydrogen) atoms. The molecule has 0 bridgehead atoms. The zero-order valence-electron chi connectivity index (χ0n) is 8.62. The Morgan fingerprint density at radius 2 is 2.31 bits per heavy atom. The summed E-state index contributed by atoms with van der Waals surface area (Å²) in [6.45, 7) is 1.93. The van der Waals surface area contributed by atoms with E-state index in [0.29, 0.717) is 16.3 Å². The van der Waals surface area contributed by atoms with Crippen LogP contribution in [0.4, 0.5) is 5.69 Å². The monoisotopic (exact) mass is 235 g/mol. The van der Waals surface area contributed by atoms with Crippen LogP contribution in [0.25, 0.3) is 0 Å². The molecule has 0 aliphatic carbocycles. The first-order valence-electron chi connectivity index (χ1n) is 4.73. The number of aromatic amines is 1. The summed E-state index contributed by atoms with van der Waals surface area (Å²) >= 11 is 5.96. The Balaban J connectivity index is 2.21. The SMILES string of the molecule is Cc1ccc(Cl)c(NC(=O)c2cn[nH]c2)c1. The van der Waals surface area contributed by atoms with Crippen LogP contribution >= 0.6 is 11.6 Å². The number of hydrogen-bond donors (Lipinski definition) is 2. The Kier molecular flexibility index (Phi) is 2.92. The normalized spacial score (nSPS) is 10.1. The molecule has 2 N–H and O–H groups in total. The van der Waals surface area contributed by atoms with Gasteiger partial charge in [0.25, 0.3) is 5.91 Å². The molecule has 0 spiro atoms. The average Bonchev–Trinajstić information content (AvgIpc) is 2.76. The molecule has 4 nitrogen and oxygen atoms in total. The predicted octanol–water partition coefficient (Wildman–Crippen LogP) is 2.62. The van der Waals surface area contributed by atoms with E-state index in [0.717, 1.165) is 5.56 Å². The fourth-order valence-corrected chi connectivity index (χ4v) is 1.47. The lowest BCUT2D eigenvalue weighted by Gasteiger charge is -2.06. The fraction of sp³-hybridized carbons (Fsp3) is 0.0909. The van der Waals surface area contributed by atoms with Crippen molar-refractivity contribution in [3.63, 3.8) is 0 Å². The van der Waals surface area contributed by atoms with Crippen molar-refractivity contribution >= 4 is 23.2 Å². The summed E-state index contributed by atoms with van der Waals surface area (Å²) < 4.78 is 0. The maximum absolute atomic E-state index is 11.7. The number of hydrogen-bond acceptors (Lipinski definition) is 2. The zero-order valence-corrected chi connectivity index (χ0v) is 9.38. The van der Waals surface area contributed by atoms with Crippen LogP contribution in [0.2, 0.25) is 5.02 Å². The molecule has 0 aliphatic rings. The Hall–Kier alpha value is -1.81. The van der Waals surface area contributed by atoms with E-state index in [4.69, 9.17) is 11.6 Å². The number of rotatable bonds is 2. The third kappa shape index (κ3) is 2.23. The summed E-state index contributed by atoms with van der Waals surface area (Å²) in [4.78, 5) is 11.7. The van der Waals surface area contributed by atoms with Crippen molar-refractivity contribution in [1.82, 2.24) is 10.2 Å². The summed E-state index contributed by atoms with van der Waals surface area (Å²) in [6.07, 6.45) is 2.98. The maximum Gasteiger partial charge on any atom is 0.258 e. The zero-order chi connectivity index (χ0) is 11.5. The molecule has 5 heteroatoms. The van der Waals surface area contributed by atoms with Crippen molar-refractivity contribution in [3.8, 4) is 0 Å². The number of aryl methyl sites for hydroxylation is 1. The number of carbonyl (C=O) groups excluding carboxylic acids is 1. The van der Waals surface area contributed by atoms with Gasteiger partial charge in [0.1, 0.15) is 0 Å². The highest BCUT2D eigenvalue weighted by Crippen LogP contribution is 2.23. The predicted molar refractivity (Wildman–Crippen MR) is 62.7 cm³/mol. The summed E-state index contributed by atoms with van der Waals surface area (Å²) in [5, 5.41) is 9.52. The van der Waals surface area contributed by atoms with E-state index in [2.05, 4.69) is 15.5 Å². The van der Waals surface area contributed by atoms with Crippen molar-refractivity contribution in [2.24, 2.45) is 0 Å². The molecule has 82 valence electrons. The number of nitrogens with zero attached hydrogens (tertiary/aromatic N) is 1. The Morgan fingerprint density at radius 3 is 3.00 bits per heavy atom. The number of halogens is 1. The van der Waals surface area contributed by atoms with E-state index < -0.39 is 0 Å². The molecule has 0 saturated carbocycles. The van der Waals surface area contributed by atoms with Gasteiger partial charge in [0.2, 0.25) is 0 Å². The minimum absolute atomic E-state index is 0.235. The van der Waals surface area contributed by atoms with Crippen LogP contribution < -0.4 is 5.32 Å². The van der Waals surface area contributed by atoms with Gasteiger partial charge in [-0.3, -0.25) is 9.89 Å². The molecule has 0 aliphatic heterocycles. The van der Waals surface area contributed by atoms with E-state index in [1.165, 1.54) is 12.4 Å². The van der Waals surface area contributed by atoms with Crippen LogP contribution in [0.1, 0.15) is 15.9 Å². The number of H-pyrrole nitrogens is 1. The second-order valence-corrected chi connectivity index (χ2v) is 3.83. The molecule has 0 radical (unpaired) electrons. The lowest BCUT2D eigenvalue weighted by Crippen LogP contribution is -2.11. The summed E-state index contributed by atoms with van der Waals surface area (Å²) in [5.41, 5.74) is 2.11. The molecule has 0 unspecified atom stereocenters. The highest BCUT2D eigenvalue weighted by molar-refractivity contribution is 6.33. The molecule has 1 aromatic carbocycles. The van der Waals surface area contributed by atoms with Gasteiger partial charge < -0.3 is 5.32 Å². The fourth-order valence-electron chi connectivity index (χ4n) is 1.30. The summed E-state index contributed by atoms with van der Waals surface area (Å²) in [6, 6.07) is 5.46. The molecule has 0 atom stereocenters. The van der Waals surface area contributed by atoms with Gasteiger partial charge in [-0.25, -0.2) is 0 Å². The largest absolute Gasteiger partial charge is 0.321 e. The molecule has 2 aromatic rings. The number of benzene rings is 1. The van der Waals surface area contributed by atoms with Crippen molar-refractivity contribution in [3.05, 3.63) is 46.7 Å². The van der Waals surface area contributed by atoms with Gasteiger partial charge in [0, 0.05) is 6.20 Å². The number of carbonyl (C=O) groups is 1. The second-order valence-electron chi connectivity index (χ2n) is 3.42.